The summed E-state index contributed by atoms with van der Waals surface area (Å²) in [7, 11) is 0. The van der Waals surface area contributed by atoms with Crippen molar-refractivity contribution in [2.24, 2.45) is 0 Å². The number of benzene rings is 1. The van der Waals surface area contributed by atoms with Crippen molar-refractivity contribution >= 4 is 23.7 Å². The number of anilines is 1. The lowest BCUT2D eigenvalue weighted by Crippen LogP contribution is -2.40. The SMILES string of the molecule is CCC[C@H](O)[C@H](C)N(C=O)c1ccc(C#N)c(Cl)c1. The van der Waals surface area contributed by atoms with Crippen LogP contribution in [0.4, 0.5) is 5.69 Å². The summed E-state index contributed by atoms with van der Waals surface area (Å²) in [4.78, 5) is 12.7. The van der Waals surface area contributed by atoms with Gasteiger partial charge in [0.15, 0.2) is 0 Å². The first-order valence-corrected chi connectivity index (χ1v) is 6.54. The maximum atomic E-state index is 11.2. The van der Waals surface area contributed by atoms with E-state index in [0.717, 1.165) is 6.42 Å². The molecule has 19 heavy (non-hydrogen) atoms. The van der Waals surface area contributed by atoms with Gasteiger partial charge in [-0.15, -0.1) is 0 Å². The largest absolute Gasteiger partial charge is 0.391 e. The van der Waals surface area contributed by atoms with Gasteiger partial charge in [0.25, 0.3) is 0 Å². The Kier molecular flexibility index (Phi) is 5.81. The number of amides is 1. The fraction of sp³-hybridized carbons (Fsp3) is 0.429. The van der Waals surface area contributed by atoms with Gasteiger partial charge in [-0.05, 0) is 31.5 Å². The van der Waals surface area contributed by atoms with Crippen molar-refractivity contribution in [3.05, 3.63) is 28.8 Å². The Hall–Kier alpha value is -1.57. The number of hydrogen-bond acceptors (Lipinski definition) is 3. The predicted molar refractivity (Wildman–Crippen MR) is 75.1 cm³/mol. The van der Waals surface area contributed by atoms with Gasteiger partial charge < -0.3 is 10.0 Å². The molecule has 1 aromatic rings. The Morgan fingerprint density at radius 2 is 2.26 bits per heavy atom. The molecule has 4 nitrogen and oxygen atoms in total. The molecule has 2 atom stereocenters. The molecule has 0 saturated carbocycles. The highest BCUT2D eigenvalue weighted by Gasteiger charge is 2.21. The van der Waals surface area contributed by atoms with Gasteiger partial charge in [-0.2, -0.15) is 5.26 Å². The molecule has 0 aromatic heterocycles. The van der Waals surface area contributed by atoms with E-state index in [1.165, 1.54) is 4.90 Å². The number of hydrogen-bond donors (Lipinski definition) is 1. The lowest BCUT2D eigenvalue weighted by Gasteiger charge is -2.29. The van der Waals surface area contributed by atoms with Gasteiger partial charge in [-0.1, -0.05) is 24.9 Å². The van der Waals surface area contributed by atoms with Crippen molar-refractivity contribution in [1.29, 1.82) is 5.26 Å². The van der Waals surface area contributed by atoms with Crippen LogP contribution < -0.4 is 4.90 Å². The van der Waals surface area contributed by atoms with E-state index in [-0.39, 0.29) is 6.04 Å². The molecule has 1 amide bonds. The van der Waals surface area contributed by atoms with Crippen molar-refractivity contribution in [2.75, 3.05) is 4.90 Å². The van der Waals surface area contributed by atoms with E-state index < -0.39 is 6.10 Å². The number of carbonyl (C=O) groups is 1. The molecule has 1 aromatic carbocycles. The molecule has 0 spiro atoms. The highest BCUT2D eigenvalue weighted by atomic mass is 35.5. The molecular formula is C14H17ClN2O2. The summed E-state index contributed by atoms with van der Waals surface area (Å²) >= 11 is 5.95. The quantitative estimate of drug-likeness (QED) is 0.815. The van der Waals surface area contributed by atoms with Crippen molar-refractivity contribution in [3.8, 4) is 6.07 Å². The fourth-order valence-electron chi connectivity index (χ4n) is 1.87. The summed E-state index contributed by atoms with van der Waals surface area (Å²) in [6.07, 6.45) is 1.54. The third kappa shape index (κ3) is 3.69. The molecule has 0 bridgehead atoms. The second-order valence-electron chi connectivity index (χ2n) is 4.39. The molecular weight excluding hydrogens is 264 g/mol. The van der Waals surface area contributed by atoms with Crippen LogP contribution in [0.25, 0.3) is 0 Å². The average molecular weight is 281 g/mol. The smallest absolute Gasteiger partial charge is 0.214 e. The van der Waals surface area contributed by atoms with Crippen LogP contribution in [0.15, 0.2) is 18.2 Å². The van der Waals surface area contributed by atoms with E-state index in [4.69, 9.17) is 16.9 Å². The second kappa shape index (κ2) is 7.13. The Morgan fingerprint density at radius 1 is 1.58 bits per heavy atom. The standard InChI is InChI=1S/C14H17ClN2O2/c1-3-4-14(19)10(2)17(9-18)12-6-5-11(8-16)13(15)7-12/h5-7,9-10,14,19H,3-4H2,1-2H3/t10-,14-/m0/s1. The molecule has 0 unspecified atom stereocenters. The molecule has 0 fully saturated rings. The molecule has 5 heteroatoms. The maximum absolute atomic E-state index is 11.2. The van der Waals surface area contributed by atoms with Gasteiger partial charge in [-0.25, -0.2) is 0 Å². The number of aliphatic hydroxyl groups excluding tert-OH is 1. The molecule has 0 radical (unpaired) electrons. The first kappa shape index (κ1) is 15.5. The van der Waals surface area contributed by atoms with Crippen LogP contribution in [0, 0.1) is 11.3 Å². The van der Waals surface area contributed by atoms with E-state index in [1.54, 1.807) is 25.1 Å². The molecule has 0 aliphatic heterocycles. The molecule has 1 N–H and O–H groups in total. The molecule has 0 aliphatic carbocycles. The summed E-state index contributed by atoms with van der Waals surface area (Å²) < 4.78 is 0. The summed E-state index contributed by atoms with van der Waals surface area (Å²) in [5.41, 5.74) is 0.930. The highest BCUT2D eigenvalue weighted by Crippen LogP contribution is 2.25. The zero-order valence-electron chi connectivity index (χ0n) is 11.0. The van der Waals surface area contributed by atoms with Crippen molar-refractivity contribution < 1.29 is 9.90 Å². The number of nitrogens with zero attached hydrogens (tertiary/aromatic N) is 2. The Morgan fingerprint density at radius 3 is 2.74 bits per heavy atom. The maximum Gasteiger partial charge on any atom is 0.214 e. The first-order valence-electron chi connectivity index (χ1n) is 6.16. The van der Waals surface area contributed by atoms with Crippen molar-refractivity contribution in [3.63, 3.8) is 0 Å². The van der Waals surface area contributed by atoms with Crippen LogP contribution in [-0.4, -0.2) is 23.7 Å². The van der Waals surface area contributed by atoms with Crippen molar-refractivity contribution in [2.45, 2.75) is 38.8 Å². The fourth-order valence-corrected chi connectivity index (χ4v) is 2.09. The number of aliphatic hydroxyl groups is 1. The van der Waals surface area contributed by atoms with E-state index in [1.807, 2.05) is 13.0 Å². The van der Waals surface area contributed by atoms with Gasteiger partial charge in [0, 0.05) is 5.69 Å². The number of rotatable bonds is 6. The van der Waals surface area contributed by atoms with E-state index >= 15 is 0 Å². The Labute approximate surface area is 118 Å². The van der Waals surface area contributed by atoms with Gasteiger partial charge in [-0.3, -0.25) is 4.79 Å². The Balaban J connectivity index is 3.00. The zero-order chi connectivity index (χ0) is 14.4. The zero-order valence-corrected chi connectivity index (χ0v) is 11.8. The second-order valence-corrected chi connectivity index (χ2v) is 4.79. The highest BCUT2D eigenvalue weighted by molar-refractivity contribution is 6.32. The third-order valence-corrected chi connectivity index (χ3v) is 3.38. The minimum absolute atomic E-state index is 0.295. The number of nitriles is 1. The van der Waals surface area contributed by atoms with Gasteiger partial charge in [0.1, 0.15) is 6.07 Å². The van der Waals surface area contributed by atoms with Crippen LogP contribution in [-0.2, 0) is 4.79 Å². The van der Waals surface area contributed by atoms with E-state index in [0.29, 0.717) is 29.1 Å². The van der Waals surface area contributed by atoms with Crippen LogP contribution >= 0.6 is 11.6 Å². The lowest BCUT2D eigenvalue weighted by atomic mass is 10.1. The normalized spacial score (nSPS) is 13.4. The summed E-state index contributed by atoms with van der Waals surface area (Å²) in [5.74, 6) is 0. The molecule has 0 saturated heterocycles. The average Bonchev–Trinajstić information content (AvgIpc) is 2.40. The van der Waals surface area contributed by atoms with Crippen molar-refractivity contribution in [1.82, 2.24) is 0 Å². The van der Waals surface area contributed by atoms with E-state index in [2.05, 4.69) is 0 Å². The van der Waals surface area contributed by atoms with Gasteiger partial charge in [0.05, 0.1) is 22.7 Å². The summed E-state index contributed by atoms with van der Waals surface area (Å²) in [5, 5.41) is 19.1. The monoisotopic (exact) mass is 280 g/mol. The van der Waals surface area contributed by atoms with Crippen LogP contribution in [0.1, 0.15) is 32.3 Å². The molecule has 1 rings (SSSR count). The summed E-state index contributed by atoms with van der Waals surface area (Å²) in [6.45, 7) is 3.75. The van der Waals surface area contributed by atoms with E-state index in [9.17, 15) is 9.90 Å². The third-order valence-electron chi connectivity index (χ3n) is 3.06. The lowest BCUT2D eigenvalue weighted by molar-refractivity contribution is -0.108. The summed E-state index contributed by atoms with van der Waals surface area (Å²) in [6, 6.07) is 6.39. The van der Waals surface area contributed by atoms with Gasteiger partial charge in [0.2, 0.25) is 6.41 Å². The predicted octanol–water partition coefficient (Wildman–Crippen LogP) is 2.72. The van der Waals surface area contributed by atoms with Crippen LogP contribution in [0.3, 0.4) is 0 Å². The van der Waals surface area contributed by atoms with Gasteiger partial charge >= 0.3 is 0 Å². The minimum atomic E-state index is -0.593. The number of carbonyl (C=O) groups excluding carboxylic acids is 1. The number of halogens is 1. The van der Waals surface area contributed by atoms with Crippen LogP contribution in [0.5, 0.6) is 0 Å². The van der Waals surface area contributed by atoms with Crippen LogP contribution in [0.2, 0.25) is 5.02 Å². The topological polar surface area (TPSA) is 64.3 Å². The molecule has 102 valence electrons. The first-order chi connectivity index (χ1) is 9.04. The molecule has 0 heterocycles. The Bertz CT molecular complexity index is 485. The minimum Gasteiger partial charge on any atom is -0.391 e. The molecule has 0 aliphatic rings.